The van der Waals surface area contributed by atoms with Gasteiger partial charge >= 0.3 is 0 Å². The van der Waals surface area contributed by atoms with Crippen LogP contribution in [0.1, 0.15) is 18.4 Å². The molecule has 0 aromatic heterocycles. The maximum atomic E-state index is 6.07. The lowest BCUT2D eigenvalue weighted by Gasteiger charge is -2.44. The Hall–Kier alpha value is -0.0300. The average molecular weight is 329 g/mol. The van der Waals surface area contributed by atoms with E-state index in [0.717, 1.165) is 13.1 Å². The summed E-state index contributed by atoms with van der Waals surface area (Å²) in [4.78, 5) is 2.45. The molecular weight excluding hydrogens is 308 g/mol. The van der Waals surface area contributed by atoms with E-state index in [1.54, 1.807) is 0 Å². The van der Waals surface area contributed by atoms with E-state index in [1.165, 1.54) is 34.4 Å². The normalized spacial score (nSPS) is 19.1. The van der Waals surface area contributed by atoms with Crippen LogP contribution in [0.25, 0.3) is 0 Å². The molecular formula is C14H21BrN2S. The molecule has 1 fully saturated rings. The molecule has 0 bridgehead atoms. The first kappa shape index (κ1) is 14.4. The van der Waals surface area contributed by atoms with Gasteiger partial charge in [0.1, 0.15) is 0 Å². The van der Waals surface area contributed by atoms with E-state index in [9.17, 15) is 0 Å². The molecule has 0 saturated carbocycles. The minimum atomic E-state index is 0.195. The molecule has 1 heterocycles. The van der Waals surface area contributed by atoms with Crippen molar-refractivity contribution in [1.29, 1.82) is 0 Å². The van der Waals surface area contributed by atoms with Crippen molar-refractivity contribution >= 4 is 27.7 Å². The predicted molar refractivity (Wildman–Crippen MR) is 84.0 cm³/mol. The minimum Gasteiger partial charge on any atom is -0.329 e. The van der Waals surface area contributed by atoms with Gasteiger partial charge < -0.3 is 5.73 Å². The van der Waals surface area contributed by atoms with Crippen LogP contribution >= 0.6 is 27.7 Å². The smallest absolute Gasteiger partial charge is 0.0347 e. The van der Waals surface area contributed by atoms with Gasteiger partial charge in [-0.25, -0.2) is 0 Å². The molecule has 2 N–H and O–H groups in total. The molecule has 1 saturated heterocycles. The quantitative estimate of drug-likeness (QED) is 0.920. The SMILES string of the molecule is CN(Cc1ccccc1Br)C1(CN)CCSCC1. The Bertz CT molecular complexity index is 391. The van der Waals surface area contributed by atoms with Gasteiger partial charge in [-0.1, -0.05) is 34.1 Å². The molecule has 0 radical (unpaired) electrons. The molecule has 0 aliphatic carbocycles. The molecule has 0 atom stereocenters. The van der Waals surface area contributed by atoms with Crippen LogP contribution in [0.5, 0.6) is 0 Å². The van der Waals surface area contributed by atoms with Gasteiger partial charge in [0.2, 0.25) is 0 Å². The first-order chi connectivity index (χ1) is 8.68. The van der Waals surface area contributed by atoms with E-state index >= 15 is 0 Å². The van der Waals surface area contributed by atoms with E-state index < -0.39 is 0 Å². The highest BCUT2D eigenvalue weighted by Crippen LogP contribution is 2.32. The third-order valence-corrected chi connectivity index (χ3v) is 5.74. The lowest BCUT2D eigenvalue weighted by atomic mass is 9.90. The van der Waals surface area contributed by atoms with E-state index in [-0.39, 0.29) is 5.54 Å². The van der Waals surface area contributed by atoms with Crippen LogP contribution in [-0.4, -0.2) is 35.5 Å². The fraction of sp³-hybridized carbons (Fsp3) is 0.571. The zero-order valence-corrected chi connectivity index (χ0v) is 13.3. The molecule has 1 aliphatic heterocycles. The van der Waals surface area contributed by atoms with Crippen LogP contribution in [0.4, 0.5) is 0 Å². The topological polar surface area (TPSA) is 29.3 Å². The molecule has 4 heteroatoms. The van der Waals surface area contributed by atoms with Crippen molar-refractivity contribution in [3.05, 3.63) is 34.3 Å². The molecule has 0 unspecified atom stereocenters. The molecule has 100 valence electrons. The maximum absolute atomic E-state index is 6.07. The lowest BCUT2D eigenvalue weighted by Crippen LogP contribution is -2.53. The number of thioether (sulfide) groups is 1. The fourth-order valence-electron chi connectivity index (χ4n) is 2.54. The standard InChI is InChI=1S/C14H21BrN2S/c1-17(10-12-4-2-3-5-13(12)15)14(11-16)6-8-18-9-7-14/h2-5H,6-11,16H2,1H3. The van der Waals surface area contributed by atoms with Crippen LogP contribution in [-0.2, 0) is 6.54 Å². The van der Waals surface area contributed by atoms with E-state index in [4.69, 9.17) is 5.73 Å². The fourth-order valence-corrected chi connectivity index (χ4v) is 4.21. The third-order valence-electron chi connectivity index (χ3n) is 3.98. The van der Waals surface area contributed by atoms with Gasteiger partial charge in [0.05, 0.1) is 0 Å². The number of hydrogen-bond acceptors (Lipinski definition) is 3. The number of rotatable bonds is 4. The minimum absolute atomic E-state index is 0.195. The number of likely N-dealkylation sites (N-methyl/N-ethyl adjacent to an activating group) is 1. The Morgan fingerprint density at radius 1 is 1.33 bits per heavy atom. The van der Waals surface area contributed by atoms with E-state index in [0.29, 0.717) is 0 Å². The van der Waals surface area contributed by atoms with Crippen molar-refractivity contribution in [2.75, 3.05) is 25.1 Å². The Kier molecular flexibility index (Phi) is 5.13. The molecule has 18 heavy (non-hydrogen) atoms. The highest BCUT2D eigenvalue weighted by atomic mass is 79.9. The first-order valence-electron chi connectivity index (χ1n) is 6.40. The summed E-state index contributed by atoms with van der Waals surface area (Å²) in [5, 5.41) is 0. The largest absolute Gasteiger partial charge is 0.329 e. The highest BCUT2D eigenvalue weighted by Gasteiger charge is 2.34. The summed E-state index contributed by atoms with van der Waals surface area (Å²) in [5.41, 5.74) is 7.60. The molecule has 2 nitrogen and oxygen atoms in total. The van der Waals surface area contributed by atoms with Gasteiger partial charge in [0, 0.05) is 23.1 Å². The summed E-state index contributed by atoms with van der Waals surface area (Å²) >= 11 is 5.67. The predicted octanol–water partition coefficient (Wildman–Crippen LogP) is 3.11. The van der Waals surface area contributed by atoms with Gasteiger partial charge in [-0.2, -0.15) is 11.8 Å². The van der Waals surface area contributed by atoms with Crippen molar-refractivity contribution in [2.24, 2.45) is 5.73 Å². The summed E-state index contributed by atoms with van der Waals surface area (Å²) < 4.78 is 1.19. The van der Waals surface area contributed by atoms with Crippen LogP contribution < -0.4 is 5.73 Å². The molecule has 0 amide bonds. The Balaban J connectivity index is 2.10. The van der Waals surface area contributed by atoms with Gasteiger partial charge in [-0.15, -0.1) is 0 Å². The Labute approximate surface area is 122 Å². The summed E-state index contributed by atoms with van der Waals surface area (Å²) in [7, 11) is 2.21. The van der Waals surface area contributed by atoms with Crippen molar-refractivity contribution < 1.29 is 0 Å². The van der Waals surface area contributed by atoms with Gasteiger partial charge in [-0.05, 0) is 43.0 Å². The number of nitrogens with zero attached hydrogens (tertiary/aromatic N) is 1. The Morgan fingerprint density at radius 3 is 2.61 bits per heavy atom. The summed E-state index contributed by atoms with van der Waals surface area (Å²) in [6.45, 7) is 1.72. The van der Waals surface area contributed by atoms with Gasteiger partial charge in [0.25, 0.3) is 0 Å². The third kappa shape index (κ3) is 3.10. The van der Waals surface area contributed by atoms with Crippen LogP contribution in [0.3, 0.4) is 0 Å². The molecule has 1 aliphatic rings. The number of hydrogen-bond donors (Lipinski definition) is 1. The first-order valence-corrected chi connectivity index (χ1v) is 8.35. The molecule has 1 aromatic rings. The van der Waals surface area contributed by atoms with Crippen molar-refractivity contribution in [1.82, 2.24) is 4.90 Å². The summed E-state index contributed by atoms with van der Waals surface area (Å²) in [5.74, 6) is 2.47. The summed E-state index contributed by atoms with van der Waals surface area (Å²) in [6.07, 6.45) is 2.41. The van der Waals surface area contributed by atoms with Crippen molar-refractivity contribution in [3.8, 4) is 0 Å². The van der Waals surface area contributed by atoms with Crippen LogP contribution in [0.15, 0.2) is 28.7 Å². The second-order valence-electron chi connectivity index (χ2n) is 4.99. The summed E-state index contributed by atoms with van der Waals surface area (Å²) in [6, 6.07) is 8.45. The van der Waals surface area contributed by atoms with Gasteiger partial charge in [-0.3, -0.25) is 4.90 Å². The monoisotopic (exact) mass is 328 g/mol. The van der Waals surface area contributed by atoms with Gasteiger partial charge in [0.15, 0.2) is 0 Å². The molecule has 0 spiro atoms. The zero-order valence-electron chi connectivity index (χ0n) is 10.9. The Morgan fingerprint density at radius 2 is 2.00 bits per heavy atom. The maximum Gasteiger partial charge on any atom is 0.0347 e. The molecule has 1 aromatic carbocycles. The van der Waals surface area contributed by atoms with Crippen molar-refractivity contribution in [2.45, 2.75) is 24.9 Å². The van der Waals surface area contributed by atoms with Crippen LogP contribution in [0, 0.1) is 0 Å². The number of benzene rings is 1. The number of nitrogens with two attached hydrogens (primary N) is 1. The van der Waals surface area contributed by atoms with Crippen LogP contribution in [0.2, 0.25) is 0 Å². The second-order valence-corrected chi connectivity index (χ2v) is 7.07. The van der Waals surface area contributed by atoms with Crippen molar-refractivity contribution in [3.63, 3.8) is 0 Å². The van der Waals surface area contributed by atoms with E-state index in [1.807, 2.05) is 11.8 Å². The second kappa shape index (κ2) is 6.42. The highest BCUT2D eigenvalue weighted by molar-refractivity contribution is 9.10. The van der Waals surface area contributed by atoms with E-state index in [2.05, 4.69) is 52.1 Å². The zero-order chi connectivity index (χ0) is 13.0. The average Bonchev–Trinajstić information content (AvgIpc) is 2.42. The lowest BCUT2D eigenvalue weighted by molar-refractivity contribution is 0.107. The molecule has 2 rings (SSSR count). The number of halogens is 1.